The van der Waals surface area contributed by atoms with Gasteiger partial charge in [-0.3, -0.25) is 19.2 Å². The zero-order chi connectivity index (χ0) is 36.1. The lowest BCUT2D eigenvalue weighted by Gasteiger charge is -2.12. The topological polar surface area (TPSA) is 180 Å². The molecule has 0 spiro atoms. The Hall–Kier alpha value is -3.94. The molecule has 5 N–H and O–H groups in total. The molecule has 0 fully saturated rings. The number of amides is 2. The van der Waals surface area contributed by atoms with Gasteiger partial charge in [-0.1, -0.05) is 31.5 Å². The summed E-state index contributed by atoms with van der Waals surface area (Å²) < 4.78 is 13.2. The van der Waals surface area contributed by atoms with Crippen LogP contribution in [0.15, 0.2) is 24.3 Å². The second-order valence-electron chi connectivity index (χ2n) is 12.6. The van der Waals surface area contributed by atoms with E-state index in [1.807, 2.05) is 18.2 Å². The number of hydrogen-bond donors (Lipinski definition) is 4. The van der Waals surface area contributed by atoms with Gasteiger partial charge >= 0.3 is 0 Å². The highest BCUT2D eigenvalue weighted by Crippen LogP contribution is 2.29. The molecule has 2 amide bonds. The van der Waals surface area contributed by atoms with Crippen molar-refractivity contribution in [2.45, 2.75) is 103 Å². The van der Waals surface area contributed by atoms with E-state index in [2.05, 4.69) is 38.5 Å². The Morgan fingerprint density at radius 1 is 0.840 bits per heavy atom. The van der Waals surface area contributed by atoms with Crippen molar-refractivity contribution < 1.29 is 28.7 Å². The van der Waals surface area contributed by atoms with Gasteiger partial charge in [-0.2, -0.15) is 0 Å². The van der Waals surface area contributed by atoms with Crippen molar-refractivity contribution in [3.05, 3.63) is 30.1 Å². The zero-order valence-electron chi connectivity index (χ0n) is 30.2. The molecule has 13 heteroatoms. The molecule has 1 unspecified atom stereocenters. The summed E-state index contributed by atoms with van der Waals surface area (Å²) in [5.74, 6) is 1.36. The molecule has 0 bridgehead atoms. The van der Waals surface area contributed by atoms with Crippen molar-refractivity contribution in [3.8, 4) is 0 Å². The Morgan fingerprint density at radius 3 is 2.22 bits per heavy atom. The molecule has 3 rings (SSSR count). The van der Waals surface area contributed by atoms with Crippen LogP contribution in [0.4, 0.5) is 5.82 Å². The van der Waals surface area contributed by atoms with Gasteiger partial charge in [0.1, 0.15) is 22.9 Å². The number of ether oxygens (including phenoxy) is 2. The van der Waals surface area contributed by atoms with Crippen LogP contribution in [0.1, 0.15) is 90.3 Å². The quantitative estimate of drug-likeness (QED) is 0.0851. The molecule has 1 aromatic carbocycles. The fraction of sp³-hybridized carbons (Fsp3) is 0.622. The molecule has 2 aromatic heterocycles. The van der Waals surface area contributed by atoms with Crippen LogP contribution in [0.5, 0.6) is 0 Å². The predicted octanol–water partition coefficient (Wildman–Crippen LogP) is 4.03. The average molecular weight is 696 g/mol. The van der Waals surface area contributed by atoms with Gasteiger partial charge in [0.15, 0.2) is 5.82 Å². The van der Waals surface area contributed by atoms with Crippen molar-refractivity contribution in [3.63, 3.8) is 0 Å². The SMILES string of the molecule is CCCCc1nc2c(N)nc3ccccc3c2n1CCCCNC(=O)CCC(=O)CCOCCOCCC(=O)NCCCCC(NC)C(C)=O. The molecule has 3 aromatic rings. The Kier molecular flexibility index (Phi) is 18.4. The smallest absolute Gasteiger partial charge is 0.222 e. The molecule has 0 aliphatic carbocycles. The summed E-state index contributed by atoms with van der Waals surface area (Å²) in [5, 5.41) is 9.83. The highest BCUT2D eigenvalue weighted by atomic mass is 16.5. The lowest BCUT2D eigenvalue weighted by atomic mass is 10.1. The average Bonchev–Trinajstić information content (AvgIpc) is 3.47. The predicted molar refractivity (Wildman–Crippen MR) is 196 cm³/mol. The summed E-state index contributed by atoms with van der Waals surface area (Å²) in [6.07, 6.45) is 7.90. The van der Waals surface area contributed by atoms with Gasteiger partial charge in [-0.25, -0.2) is 9.97 Å². The molecule has 13 nitrogen and oxygen atoms in total. The molecule has 0 aliphatic rings. The van der Waals surface area contributed by atoms with Crippen LogP contribution in [0.25, 0.3) is 21.9 Å². The molecule has 0 saturated carbocycles. The minimum Gasteiger partial charge on any atom is -0.382 e. The van der Waals surface area contributed by atoms with Crippen molar-refractivity contribution in [2.24, 2.45) is 0 Å². The molecule has 0 saturated heterocycles. The number of nitrogens with two attached hydrogens (primary N) is 1. The first kappa shape index (κ1) is 40.5. The molecular formula is C37H57N7O6. The third-order valence-corrected chi connectivity index (χ3v) is 8.66. The van der Waals surface area contributed by atoms with E-state index in [0.717, 1.165) is 85.7 Å². The van der Waals surface area contributed by atoms with Gasteiger partial charge in [-0.15, -0.1) is 0 Å². The number of nitrogen functional groups attached to an aromatic ring is 1. The highest BCUT2D eigenvalue weighted by Gasteiger charge is 2.17. The third kappa shape index (κ3) is 13.8. The number of rotatable bonds is 27. The van der Waals surface area contributed by atoms with Crippen molar-refractivity contribution in [1.29, 1.82) is 0 Å². The van der Waals surface area contributed by atoms with Crippen LogP contribution in [0.2, 0.25) is 0 Å². The first-order chi connectivity index (χ1) is 24.2. The van der Waals surface area contributed by atoms with Gasteiger partial charge < -0.3 is 35.7 Å². The van der Waals surface area contributed by atoms with Gasteiger partial charge in [0.25, 0.3) is 0 Å². The van der Waals surface area contributed by atoms with Crippen LogP contribution in [0.3, 0.4) is 0 Å². The number of Topliss-reactive ketones (excluding diaryl/α,β-unsaturated/α-hetero) is 2. The Balaban J connectivity index is 1.21. The maximum atomic E-state index is 12.4. The normalized spacial score (nSPS) is 12.0. The minimum atomic E-state index is -0.131. The largest absolute Gasteiger partial charge is 0.382 e. The monoisotopic (exact) mass is 695 g/mol. The number of carbonyl (C=O) groups excluding carboxylic acids is 4. The molecule has 1 atom stereocenters. The Bertz CT molecular complexity index is 1520. The number of unbranched alkanes of at least 4 members (excludes halogenated alkanes) is 3. The number of nitrogens with zero attached hydrogens (tertiary/aromatic N) is 3. The summed E-state index contributed by atoms with van der Waals surface area (Å²) in [6.45, 7) is 6.84. The maximum absolute atomic E-state index is 12.4. The van der Waals surface area contributed by atoms with E-state index in [1.54, 1.807) is 14.0 Å². The maximum Gasteiger partial charge on any atom is 0.222 e. The third-order valence-electron chi connectivity index (χ3n) is 8.66. The van der Waals surface area contributed by atoms with Crippen molar-refractivity contribution in [1.82, 2.24) is 30.5 Å². The highest BCUT2D eigenvalue weighted by molar-refractivity contribution is 6.06. The van der Waals surface area contributed by atoms with Crippen LogP contribution in [-0.2, 0) is 41.6 Å². The van der Waals surface area contributed by atoms with Gasteiger partial charge in [0.2, 0.25) is 11.8 Å². The number of imidazole rings is 1. The molecular weight excluding hydrogens is 638 g/mol. The molecule has 276 valence electrons. The van der Waals surface area contributed by atoms with E-state index >= 15 is 0 Å². The van der Waals surface area contributed by atoms with Crippen LogP contribution in [0, 0.1) is 0 Å². The Labute approximate surface area is 295 Å². The number of fused-ring (bicyclic) bond motifs is 3. The first-order valence-corrected chi connectivity index (χ1v) is 18.2. The summed E-state index contributed by atoms with van der Waals surface area (Å²) in [5.41, 5.74) is 8.92. The molecule has 0 aliphatic heterocycles. The number of likely N-dealkylation sites (N-methyl/N-ethyl adjacent to an activating group) is 1. The fourth-order valence-electron chi connectivity index (χ4n) is 5.77. The number of benzene rings is 1. The van der Waals surface area contributed by atoms with E-state index in [-0.39, 0.29) is 61.7 Å². The summed E-state index contributed by atoms with van der Waals surface area (Å²) >= 11 is 0. The minimum absolute atomic E-state index is 0.0203. The number of nitrogens with one attached hydrogen (secondary N) is 3. The van der Waals surface area contributed by atoms with E-state index in [4.69, 9.17) is 20.2 Å². The first-order valence-electron chi connectivity index (χ1n) is 18.2. The number of hydrogen-bond acceptors (Lipinski definition) is 10. The van der Waals surface area contributed by atoms with Gasteiger partial charge in [0, 0.05) is 57.1 Å². The van der Waals surface area contributed by atoms with Crippen LogP contribution >= 0.6 is 0 Å². The second-order valence-corrected chi connectivity index (χ2v) is 12.6. The van der Waals surface area contributed by atoms with Crippen LogP contribution in [-0.4, -0.2) is 90.5 Å². The number of carbonyl (C=O) groups is 4. The number of aromatic nitrogens is 3. The van der Waals surface area contributed by atoms with E-state index in [1.165, 1.54) is 0 Å². The molecule has 2 heterocycles. The summed E-state index contributed by atoms with van der Waals surface area (Å²) in [4.78, 5) is 57.3. The van der Waals surface area contributed by atoms with Crippen molar-refractivity contribution in [2.75, 3.05) is 52.3 Å². The van der Waals surface area contributed by atoms with Crippen molar-refractivity contribution >= 4 is 51.1 Å². The molecule has 50 heavy (non-hydrogen) atoms. The molecule has 0 radical (unpaired) electrons. The number of ketones is 2. The van der Waals surface area contributed by atoms with E-state index < -0.39 is 0 Å². The standard InChI is InChI=1S/C37H57N7O6/c1-4-5-15-32-43-35-36(29-12-6-7-14-31(29)42-37(35)38)44(32)22-11-10-21-40-33(47)17-16-28(46)18-23-49-25-26-50-24-19-34(48)41-20-9-8-13-30(39-3)27(2)45/h6-7,12,14,30,39H,4-5,8-11,13,15-26H2,1-3H3,(H2,38,42)(H,40,47)(H,41,48). The summed E-state index contributed by atoms with van der Waals surface area (Å²) in [6, 6.07) is 7.86. The lowest BCUT2D eigenvalue weighted by molar-refractivity contribution is -0.126. The van der Waals surface area contributed by atoms with E-state index in [0.29, 0.717) is 38.7 Å². The number of pyridine rings is 1. The van der Waals surface area contributed by atoms with E-state index in [9.17, 15) is 19.2 Å². The second kappa shape index (κ2) is 22.7. The number of aryl methyl sites for hydroxylation is 2. The van der Waals surface area contributed by atoms with Gasteiger partial charge in [0.05, 0.1) is 43.5 Å². The fourth-order valence-corrected chi connectivity index (χ4v) is 5.77. The zero-order valence-corrected chi connectivity index (χ0v) is 30.2. The summed E-state index contributed by atoms with van der Waals surface area (Å²) in [7, 11) is 1.78. The lowest BCUT2D eigenvalue weighted by Crippen LogP contribution is -2.32. The Morgan fingerprint density at radius 2 is 1.52 bits per heavy atom. The number of anilines is 1. The van der Waals surface area contributed by atoms with Gasteiger partial charge in [-0.05, 0) is 58.6 Å². The number of para-hydroxylation sites is 1. The van der Waals surface area contributed by atoms with Crippen LogP contribution < -0.4 is 21.7 Å².